The number of rotatable bonds is 4. The second-order valence-electron chi connectivity index (χ2n) is 5.66. The Morgan fingerprint density at radius 2 is 1.95 bits per heavy atom. The number of benzene rings is 1. The molecule has 1 saturated heterocycles. The van der Waals surface area contributed by atoms with E-state index in [0.29, 0.717) is 6.04 Å². The van der Waals surface area contributed by atoms with Crippen LogP contribution >= 0.6 is 11.3 Å². The van der Waals surface area contributed by atoms with Crippen molar-refractivity contribution in [1.82, 2.24) is 4.98 Å². The molecular weight excluding hydrogens is 314 g/mol. The van der Waals surface area contributed by atoms with Gasteiger partial charge in [0.15, 0.2) is 5.13 Å². The molecule has 0 bridgehead atoms. The number of piperidine rings is 1. The molecule has 1 fully saturated rings. The minimum atomic E-state index is -0.908. The summed E-state index contributed by atoms with van der Waals surface area (Å²) < 4.78 is 11.4. The SMILES string of the molecule is Cc1csc(N2CCC(Nc3ccc([S@](C)=O)cc3)CC2)n1. The summed E-state index contributed by atoms with van der Waals surface area (Å²) in [5, 5.41) is 6.84. The first-order valence-electron chi connectivity index (χ1n) is 7.49. The number of anilines is 2. The first-order valence-corrected chi connectivity index (χ1v) is 9.93. The Bertz CT molecular complexity index is 646. The van der Waals surface area contributed by atoms with Gasteiger partial charge in [-0.1, -0.05) is 0 Å². The van der Waals surface area contributed by atoms with Gasteiger partial charge in [0, 0.05) is 52.1 Å². The van der Waals surface area contributed by atoms with Gasteiger partial charge in [-0.15, -0.1) is 11.3 Å². The Hall–Kier alpha value is -1.40. The maximum atomic E-state index is 11.4. The smallest absolute Gasteiger partial charge is 0.185 e. The number of thiazole rings is 1. The summed E-state index contributed by atoms with van der Waals surface area (Å²) in [4.78, 5) is 7.81. The monoisotopic (exact) mass is 335 g/mol. The van der Waals surface area contributed by atoms with Crippen molar-refractivity contribution in [2.45, 2.75) is 30.7 Å². The molecule has 3 rings (SSSR count). The largest absolute Gasteiger partial charge is 0.382 e. The van der Waals surface area contributed by atoms with Crippen molar-refractivity contribution in [1.29, 1.82) is 0 Å². The third-order valence-electron chi connectivity index (χ3n) is 3.93. The molecule has 0 amide bonds. The lowest BCUT2D eigenvalue weighted by Gasteiger charge is -2.32. The Balaban J connectivity index is 1.54. The molecule has 0 spiro atoms. The predicted octanol–water partition coefficient (Wildman–Crippen LogP) is 3.27. The van der Waals surface area contributed by atoms with E-state index in [-0.39, 0.29) is 0 Å². The van der Waals surface area contributed by atoms with E-state index in [0.717, 1.165) is 47.3 Å². The second-order valence-corrected chi connectivity index (χ2v) is 7.87. The third-order valence-corrected chi connectivity index (χ3v) is 5.88. The molecule has 1 aromatic carbocycles. The first kappa shape index (κ1) is 15.5. The van der Waals surface area contributed by atoms with Crippen molar-refractivity contribution in [3.05, 3.63) is 35.3 Å². The van der Waals surface area contributed by atoms with Crippen molar-refractivity contribution in [3.8, 4) is 0 Å². The van der Waals surface area contributed by atoms with Crippen LogP contribution in [-0.2, 0) is 10.8 Å². The van der Waals surface area contributed by atoms with Crippen LogP contribution in [0.15, 0.2) is 34.5 Å². The van der Waals surface area contributed by atoms with Crippen LogP contribution in [0, 0.1) is 6.92 Å². The van der Waals surface area contributed by atoms with Crippen LogP contribution in [0.3, 0.4) is 0 Å². The Labute approximate surface area is 138 Å². The van der Waals surface area contributed by atoms with E-state index in [4.69, 9.17) is 0 Å². The molecule has 22 heavy (non-hydrogen) atoms. The summed E-state index contributed by atoms with van der Waals surface area (Å²) in [6.45, 7) is 4.13. The molecular formula is C16H21N3OS2. The third kappa shape index (κ3) is 3.67. The van der Waals surface area contributed by atoms with Crippen molar-refractivity contribution < 1.29 is 4.21 Å². The Morgan fingerprint density at radius 3 is 2.50 bits per heavy atom. The van der Waals surface area contributed by atoms with Gasteiger partial charge in [-0.3, -0.25) is 4.21 Å². The molecule has 2 heterocycles. The first-order chi connectivity index (χ1) is 10.6. The van der Waals surface area contributed by atoms with Gasteiger partial charge in [-0.2, -0.15) is 0 Å². The summed E-state index contributed by atoms with van der Waals surface area (Å²) in [6, 6.07) is 8.41. The van der Waals surface area contributed by atoms with E-state index >= 15 is 0 Å². The molecule has 1 aromatic heterocycles. The fourth-order valence-corrected chi connectivity index (χ4v) is 4.06. The molecule has 118 valence electrons. The van der Waals surface area contributed by atoms with E-state index < -0.39 is 10.8 Å². The Morgan fingerprint density at radius 1 is 1.27 bits per heavy atom. The normalized spacial score (nSPS) is 17.5. The van der Waals surface area contributed by atoms with E-state index in [1.807, 2.05) is 31.2 Å². The topological polar surface area (TPSA) is 45.2 Å². The highest BCUT2D eigenvalue weighted by molar-refractivity contribution is 7.84. The summed E-state index contributed by atoms with van der Waals surface area (Å²) in [6.07, 6.45) is 3.93. The quantitative estimate of drug-likeness (QED) is 0.931. The summed E-state index contributed by atoms with van der Waals surface area (Å²) in [5.74, 6) is 0. The molecule has 0 aliphatic carbocycles. The van der Waals surface area contributed by atoms with Gasteiger partial charge < -0.3 is 10.2 Å². The number of aryl methyl sites for hydroxylation is 1. The van der Waals surface area contributed by atoms with Crippen molar-refractivity contribution in [3.63, 3.8) is 0 Å². The maximum absolute atomic E-state index is 11.4. The summed E-state index contributed by atoms with van der Waals surface area (Å²) in [5.41, 5.74) is 2.21. The number of nitrogens with one attached hydrogen (secondary N) is 1. The minimum Gasteiger partial charge on any atom is -0.382 e. The molecule has 1 aliphatic rings. The number of hydrogen-bond acceptors (Lipinski definition) is 5. The van der Waals surface area contributed by atoms with Crippen LogP contribution in [0.2, 0.25) is 0 Å². The fourth-order valence-electron chi connectivity index (χ4n) is 2.68. The lowest BCUT2D eigenvalue weighted by molar-refractivity contribution is 0.526. The van der Waals surface area contributed by atoms with Crippen LogP contribution in [-0.4, -0.2) is 34.6 Å². The van der Waals surface area contributed by atoms with Crippen LogP contribution in [0.4, 0.5) is 10.8 Å². The van der Waals surface area contributed by atoms with Crippen LogP contribution < -0.4 is 10.2 Å². The molecule has 1 N–H and O–H groups in total. The van der Waals surface area contributed by atoms with E-state index in [2.05, 4.69) is 20.6 Å². The van der Waals surface area contributed by atoms with Gasteiger partial charge in [0.1, 0.15) is 0 Å². The van der Waals surface area contributed by atoms with Gasteiger partial charge in [-0.05, 0) is 44.0 Å². The van der Waals surface area contributed by atoms with Gasteiger partial charge in [0.2, 0.25) is 0 Å². The second kappa shape index (κ2) is 6.79. The molecule has 4 nitrogen and oxygen atoms in total. The highest BCUT2D eigenvalue weighted by atomic mass is 32.2. The Kier molecular flexibility index (Phi) is 4.78. The van der Waals surface area contributed by atoms with Gasteiger partial charge >= 0.3 is 0 Å². The highest BCUT2D eigenvalue weighted by Crippen LogP contribution is 2.25. The molecule has 2 aromatic rings. The van der Waals surface area contributed by atoms with Crippen LogP contribution in [0.5, 0.6) is 0 Å². The molecule has 6 heteroatoms. The molecule has 1 aliphatic heterocycles. The summed E-state index contributed by atoms with van der Waals surface area (Å²) in [7, 11) is -0.908. The number of aromatic nitrogens is 1. The molecule has 0 saturated carbocycles. The van der Waals surface area contributed by atoms with Crippen molar-refractivity contribution in [2.75, 3.05) is 29.6 Å². The van der Waals surface area contributed by atoms with Crippen LogP contribution in [0.1, 0.15) is 18.5 Å². The lowest BCUT2D eigenvalue weighted by Crippen LogP contribution is -2.39. The number of hydrogen-bond donors (Lipinski definition) is 1. The number of nitrogens with zero attached hydrogens (tertiary/aromatic N) is 2. The molecule has 0 unspecified atom stereocenters. The van der Waals surface area contributed by atoms with Gasteiger partial charge in [-0.25, -0.2) is 4.98 Å². The van der Waals surface area contributed by atoms with E-state index in [1.165, 1.54) is 0 Å². The fraction of sp³-hybridized carbons (Fsp3) is 0.438. The zero-order valence-corrected chi connectivity index (χ0v) is 14.5. The van der Waals surface area contributed by atoms with Crippen molar-refractivity contribution >= 4 is 33.0 Å². The highest BCUT2D eigenvalue weighted by Gasteiger charge is 2.20. The summed E-state index contributed by atoms with van der Waals surface area (Å²) >= 11 is 1.73. The van der Waals surface area contributed by atoms with E-state index in [1.54, 1.807) is 17.6 Å². The zero-order valence-electron chi connectivity index (χ0n) is 12.9. The molecule has 1 atom stereocenters. The van der Waals surface area contributed by atoms with E-state index in [9.17, 15) is 4.21 Å². The lowest BCUT2D eigenvalue weighted by atomic mass is 10.1. The van der Waals surface area contributed by atoms with Crippen LogP contribution in [0.25, 0.3) is 0 Å². The average molecular weight is 335 g/mol. The minimum absolute atomic E-state index is 0.496. The standard InChI is InChI=1S/C16H21N3OS2/c1-12-11-21-16(17-12)19-9-7-14(8-10-19)18-13-3-5-15(6-4-13)22(2)20/h3-6,11,14,18H,7-10H2,1-2H3/t22-/m0/s1. The zero-order chi connectivity index (χ0) is 15.5. The predicted molar refractivity (Wildman–Crippen MR) is 94.5 cm³/mol. The van der Waals surface area contributed by atoms with Gasteiger partial charge in [0.05, 0.1) is 5.69 Å². The molecule has 0 radical (unpaired) electrons. The average Bonchev–Trinajstić information content (AvgIpc) is 2.95. The van der Waals surface area contributed by atoms with Crippen molar-refractivity contribution in [2.24, 2.45) is 0 Å². The van der Waals surface area contributed by atoms with Gasteiger partial charge in [0.25, 0.3) is 0 Å². The maximum Gasteiger partial charge on any atom is 0.185 e.